The van der Waals surface area contributed by atoms with Gasteiger partial charge in [0, 0.05) is 18.2 Å². The Bertz CT molecular complexity index is 389. The van der Waals surface area contributed by atoms with E-state index < -0.39 is 12.6 Å². The molecular formula is C11H13NO4. The van der Waals surface area contributed by atoms with Gasteiger partial charge in [-0.15, -0.1) is 0 Å². The summed E-state index contributed by atoms with van der Waals surface area (Å²) in [5.41, 5.74) is 0.592. The van der Waals surface area contributed by atoms with Crippen LogP contribution in [0, 0.1) is 0 Å². The number of aliphatic carboxylic acids is 1. The summed E-state index contributed by atoms with van der Waals surface area (Å²) in [5, 5.41) is 11.1. The molecule has 0 radical (unpaired) electrons. The molecule has 0 aliphatic rings. The Kier molecular flexibility index (Phi) is 4.32. The summed E-state index contributed by atoms with van der Waals surface area (Å²) in [6, 6.07) is 6.60. The van der Waals surface area contributed by atoms with E-state index >= 15 is 0 Å². The molecule has 0 bridgehead atoms. The van der Waals surface area contributed by atoms with Crippen LogP contribution in [0.3, 0.4) is 0 Å². The molecule has 1 aromatic carbocycles. The van der Waals surface area contributed by atoms with Gasteiger partial charge in [-0.1, -0.05) is 13.0 Å². The SMILES string of the molecule is CCC(=O)Nc1cccc(OCC(=O)O)c1. The van der Waals surface area contributed by atoms with E-state index in [1.54, 1.807) is 31.2 Å². The minimum Gasteiger partial charge on any atom is -0.482 e. The standard InChI is InChI=1S/C11H13NO4/c1-2-10(13)12-8-4-3-5-9(6-8)16-7-11(14)15/h3-6H,2,7H2,1H3,(H,12,13)(H,14,15). The Hall–Kier alpha value is -2.04. The van der Waals surface area contributed by atoms with Crippen molar-refractivity contribution in [2.24, 2.45) is 0 Å². The smallest absolute Gasteiger partial charge is 0.341 e. The molecule has 0 fully saturated rings. The number of nitrogens with one attached hydrogen (secondary N) is 1. The fourth-order valence-electron chi connectivity index (χ4n) is 1.06. The second kappa shape index (κ2) is 5.75. The summed E-state index contributed by atoms with van der Waals surface area (Å²) in [6.07, 6.45) is 0.389. The first kappa shape index (κ1) is 12.0. The highest BCUT2D eigenvalue weighted by Gasteiger charge is 2.02. The van der Waals surface area contributed by atoms with E-state index in [2.05, 4.69) is 5.32 Å². The van der Waals surface area contributed by atoms with Crippen molar-refractivity contribution in [1.82, 2.24) is 0 Å². The van der Waals surface area contributed by atoms with Crippen LogP contribution in [-0.2, 0) is 9.59 Å². The number of carboxylic acids is 1. The molecule has 0 saturated carbocycles. The maximum absolute atomic E-state index is 11.1. The van der Waals surface area contributed by atoms with E-state index in [0.29, 0.717) is 17.9 Å². The van der Waals surface area contributed by atoms with Gasteiger partial charge in [0.25, 0.3) is 0 Å². The van der Waals surface area contributed by atoms with Crippen LogP contribution in [0.1, 0.15) is 13.3 Å². The molecule has 0 heterocycles. The molecule has 0 aliphatic carbocycles. The molecule has 0 unspecified atom stereocenters. The third-order valence-electron chi connectivity index (χ3n) is 1.80. The van der Waals surface area contributed by atoms with Crippen molar-refractivity contribution in [1.29, 1.82) is 0 Å². The van der Waals surface area contributed by atoms with Gasteiger partial charge in [-0.05, 0) is 12.1 Å². The van der Waals surface area contributed by atoms with E-state index in [9.17, 15) is 9.59 Å². The van der Waals surface area contributed by atoms with E-state index in [1.165, 1.54) is 0 Å². The molecule has 1 amide bonds. The zero-order valence-electron chi connectivity index (χ0n) is 8.90. The predicted octanol–water partition coefficient (Wildman–Crippen LogP) is 1.50. The van der Waals surface area contributed by atoms with Crippen LogP contribution in [0.25, 0.3) is 0 Å². The van der Waals surface area contributed by atoms with E-state index in [4.69, 9.17) is 9.84 Å². The molecule has 0 aromatic heterocycles. The van der Waals surface area contributed by atoms with Gasteiger partial charge in [-0.2, -0.15) is 0 Å². The first-order valence-corrected chi connectivity index (χ1v) is 4.86. The number of amides is 1. The maximum Gasteiger partial charge on any atom is 0.341 e. The fourth-order valence-corrected chi connectivity index (χ4v) is 1.06. The number of benzene rings is 1. The largest absolute Gasteiger partial charge is 0.482 e. The summed E-state index contributed by atoms with van der Waals surface area (Å²) in [4.78, 5) is 21.4. The van der Waals surface area contributed by atoms with Gasteiger partial charge in [0.2, 0.25) is 5.91 Å². The zero-order valence-corrected chi connectivity index (χ0v) is 8.90. The average Bonchev–Trinajstić information content (AvgIpc) is 2.26. The molecule has 1 aromatic rings. The third kappa shape index (κ3) is 4.00. The lowest BCUT2D eigenvalue weighted by Gasteiger charge is -2.06. The van der Waals surface area contributed by atoms with Gasteiger partial charge in [-0.3, -0.25) is 4.79 Å². The van der Waals surface area contributed by atoms with Gasteiger partial charge in [-0.25, -0.2) is 4.79 Å². The topological polar surface area (TPSA) is 75.6 Å². The number of anilines is 1. The van der Waals surface area contributed by atoms with Crippen LogP contribution < -0.4 is 10.1 Å². The van der Waals surface area contributed by atoms with E-state index in [-0.39, 0.29) is 5.91 Å². The third-order valence-corrected chi connectivity index (χ3v) is 1.80. The number of carbonyl (C=O) groups excluding carboxylic acids is 1. The van der Waals surface area contributed by atoms with Gasteiger partial charge in [0.15, 0.2) is 6.61 Å². The Morgan fingerprint density at radius 1 is 1.44 bits per heavy atom. The lowest BCUT2D eigenvalue weighted by molar-refractivity contribution is -0.139. The molecule has 0 spiro atoms. The molecule has 5 nitrogen and oxygen atoms in total. The minimum atomic E-state index is -1.04. The molecule has 0 saturated heterocycles. The molecule has 86 valence electrons. The van der Waals surface area contributed by atoms with Gasteiger partial charge >= 0.3 is 5.97 Å². The summed E-state index contributed by atoms with van der Waals surface area (Å²) in [7, 11) is 0. The molecule has 1 rings (SSSR count). The second-order valence-electron chi connectivity index (χ2n) is 3.11. The highest BCUT2D eigenvalue weighted by Crippen LogP contribution is 2.17. The number of hydrogen-bond donors (Lipinski definition) is 2. The fraction of sp³-hybridized carbons (Fsp3) is 0.273. The average molecular weight is 223 g/mol. The Morgan fingerprint density at radius 3 is 2.81 bits per heavy atom. The summed E-state index contributed by atoms with van der Waals surface area (Å²) < 4.78 is 4.97. The van der Waals surface area contributed by atoms with Crippen molar-refractivity contribution in [3.63, 3.8) is 0 Å². The van der Waals surface area contributed by atoms with Crippen LogP contribution in [-0.4, -0.2) is 23.6 Å². The second-order valence-corrected chi connectivity index (χ2v) is 3.11. The monoisotopic (exact) mass is 223 g/mol. The highest BCUT2D eigenvalue weighted by molar-refractivity contribution is 5.90. The molecule has 5 heteroatoms. The number of ether oxygens (including phenoxy) is 1. The van der Waals surface area contributed by atoms with Gasteiger partial charge in [0.1, 0.15) is 5.75 Å². The van der Waals surface area contributed by atoms with E-state index in [1.807, 2.05) is 0 Å². The predicted molar refractivity (Wildman–Crippen MR) is 58.5 cm³/mol. The Morgan fingerprint density at radius 2 is 2.19 bits per heavy atom. The van der Waals surface area contributed by atoms with Crippen LogP contribution in [0.15, 0.2) is 24.3 Å². The van der Waals surface area contributed by atoms with Crippen molar-refractivity contribution in [2.45, 2.75) is 13.3 Å². The first-order valence-electron chi connectivity index (χ1n) is 4.86. The summed E-state index contributed by atoms with van der Waals surface area (Å²) in [6.45, 7) is 1.35. The lowest BCUT2D eigenvalue weighted by atomic mass is 10.3. The lowest BCUT2D eigenvalue weighted by Crippen LogP contribution is -2.11. The summed E-state index contributed by atoms with van der Waals surface area (Å²) in [5.74, 6) is -0.727. The normalized spacial score (nSPS) is 9.56. The van der Waals surface area contributed by atoms with Crippen LogP contribution in [0.2, 0.25) is 0 Å². The Balaban J connectivity index is 2.63. The van der Waals surface area contributed by atoms with Crippen molar-refractivity contribution >= 4 is 17.6 Å². The number of rotatable bonds is 5. The molecule has 16 heavy (non-hydrogen) atoms. The molecule has 0 aliphatic heterocycles. The summed E-state index contributed by atoms with van der Waals surface area (Å²) >= 11 is 0. The zero-order chi connectivity index (χ0) is 12.0. The minimum absolute atomic E-state index is 0.101. The van der Waals surface area contributed by atoms with Crippen molar-refractivity contribution in [3.8, 4) is 5.75 Å². The first-order chi connectivity index (χ1) is 7.61. The van der Waals surface area contributed by atoms with E-state index in [0.717, 1.165) is 0 Å². The molecular weight excluding hydrogens is 210 g/mol. The maximum atomic E-state index is 11.1. The van der Waals surface area contributed by atoms with Crippen LogP contribution >= 0.6 is 0 Å². The molecule has 0 atom stereocenters. The van der Waals surface area contributed by atoms with Crippen LogP contribution in [0.4, 0.5) is 5.69 Å². The van der Waals surface area contributed by atoms with Crippen molar-refractivity contribution in [3.05, 3.63) is 24.3 Å². The van der Waals surface area contributed by atoms with Gasteiger partial charge in [0.05, 0.1) is 0 Å². The van der Waals surface area contributed by atoms with Gasteiger partial charge < -0.3 is 15.2 Å². The number of carbonyl (C=O) groups is 2. The Labute approximate surface area is 93.0 Å². The van der Waals surface area contributed by atoms with Crippen LogP contribution in [0.5, 0.6) is 5.75 Å². The number of hydrogen-bond acceptors (Lipinski definition) is 3. The van der Waals surface area contributed by atoms with Crippen molar-refractivity contribution < 1.29 is 19.4 Å². The molecule has 2 N–H and O–H groups in total. The quantitative estimate of drug-likeness (QED) is 0.793. The van der Waals surface area contributed by atoms with Crippen molar-refractivity contribution in [2.75, 3.05) is 11.9 Å². The highest BCUT2D eigenvalue weighted by atomic mass is 16.5. The number of carboxylic acid groups (broad SMARTS) is 1.